The number of ketones is 1. The van der Waals surface area contributed by atoms with Crippen LogP contribution in [0.5, 0.6) is 11.5 Å². The monoisotopic (exact) mass is 237 g/mol. The molecule has 1 aromatic rings. The largest absolute Gasteiger partial charge is 0.497 e. The molecule has 4 nitrogen and oxygen atoms in total. The molecule has 0 amide bonds. The third-order valence-electron chi connectivity index (χ3n) is 2.72. The van der Waals surface area contributed by atoms with Crippen molar-refractivity contribution in [2.24, 2.45) is 11.7 Å². The van der Waals surface area contributed by atoms with Crippen molar-refractivity contribution in [3.8, 4) is 11.5 Å². The second-order valence-corrected chi connectivity index (χ2v) is 3.91. The van der Waals surface area contributed by atoms with E-state index in [1.807, 2.05) is 6.92 Å². The topological polar surface area (TPSA) is 61.5 Å². The van der Waals surface area contributed by atoms with Crippen LogP contribution < -0.4 is 15.2 Å². The summed E-state index contributed by atoms with van der Waals surface area (Å²) in [6.45, 7) is 2.38. The minimum atomic E-state index is -0.0951. The van der Waals surface area contributed by atoms with Crippen LogP contribution >= 0.6 is 0 Å². The highest BCUT2D eigenvalue weighted by molar-refractivity contribution is 6.00. The van der Waals surface area contributed by atoms with Crippen LogP contribution in [-0.2, 0) is 0 Å². The second kappa shape index (κ2) is 6.25. The smallest absolute Gasteiger partial charge is 0.169 e. The quantitative estimate of drug-likeness (QED) is 0.767. The Morgan fingerprint density at radius 1 is 1.35 bits per heavy atom. The first kappa shape index (κ1) is 13.5. The van der Waals surface area contributed by atoms with Gasteiger partial charge in [-0.15, -0.1) is 0 Å². The molecule has 0 bridgehead atoms. The van der Waals surface area contributed by atoms with Gasteiger partial charge < -0.3 is 15.2 Å². The number of rotatable bonds is 6. The van der Waals surface area contributed by atoms with Gasteiger partial charge in [0.1, 0.15) is 11.5 Å². The third-order valence-corrected chi connectivity index (χ3v) is 2.72. The maximum atomic E-state index is 12.1. The van der Waals surface area contributed by atoms with E-state index in [9.17, 15) is 4.79 Å². The van der Waals surface area contributed by atoms with Gasteiger partial charge in [-0.3, -0.25) is 4.79 Å². The second-order valence-electron chi connectivity index (χ2n) is 3.91. The van der Waals surface area contributed by atoms with Crippen LogP contribution in [0.3, 0.4) is 0 Å². The summed E-state index contributed by atoms with van der Waals surface area (Å²) in [7, 11) is 3.12. The van der Waals surface area contributed by atoms with Crippen molar-refractivity contribution >= 4 is 5.78 Å². The minimum absolute atomic E-state index is 0.0509. The Labute approximate surface area is 102 Å². The van der Waals surface area contributed by atoms with Crippen molar-refractivity contribution in [1.29, 1.82) is 0 Å². The van der Waals surface area contributed by atoms with Crippen LogP contribution in [0.4, 0.5) is 0 Å². The van der Waals surface area contributed by atoms with Crippen molar-refractivity contribution in [2.75, 3.05) is 20.8 Å². The lowest BCUT2D eigenvalue weighted by Gasteiger charge is -2.13. The van der Waals surface area contributed by atoms with E-state index in [1.165, 1.54) is 0 Å². The molecule has 0 fully saturated rings. The molecule has 2 N–H and O–H groups in total. The van der Waals surface area contributed by atoms with E-state index in [-0.39, 0.29) is 11.7 Å². The molecule has 1 rings (SSSR count). The highest BCUT2D eigenvalue weighted by Crippen LogP contribution is 2.27. The van der Waals surface area contributed by atoms with Gasteiger partial charge in [-0.05, 0) is 25.1 Å². The van der Waals surface area contributed by atoms with E-state index in [2.05, 4.69) is 0 Å². The lowest BCUT2D eigenvalue weighted by atomic mass is 9.96. The first-order valence-electron chi connectivity index (χ1n) is 5.60. The number of Topliss-reactive ketones (excluding diaryl/α,β-unsaturated/α-hetero) is 1. The first-order valence-corrected chi connectivity index (χ1v) is 5.60. The van der Waals surface area contributed by atoms with Gasteiger partial charge in [0.25, 0.3) is 0 Å². The maximum Gasteiger partial charge on any atom is 0.169 e. The molecule has 0 heterocycles. The SMILES string of the molecule is COc1ccc(C(=O)C(C)CCN)c(OC)c1. The molecule has 0 aliphatic rings. The van der Waals surface area contributed by atoms with Gasteiger partial charge in [0, 0.05) is 12.0 Å². The fourth-order valence-corrected chi connectivity index (χ4v) is 1.65. The zero-order valence-electron chi connectivity index (χ0n) is 10.5. The van der Waals surface area contributed by atoms with E-state index in [4.69, 9.17) is 15.2 Å². The van der Waals surface area contributed by atoms with Crippen molar-refractivity contribution in [3.05, 3.63) is 23.8 Å². The zero-order chi connectivity index (χ0) is 12.8. The zero-order valence-corrected chi connectivity index (χ0v) is 10.5. The number of hydrogen-bond donors (Lipinski definition) is 1. The number of carbonyl (C=O) groups is 1. The number of methoxy groups -OCH3 is 2. The van der Waals surface area contributed by atoms with Gasteiger partial charge in [0.15, 0.2) is 5.78 Å². The molecule has 1 atom stereocenters. The molecule has 0 saturated carbocycles. The molecule has 17 heavy (non-hydrogen) atoms. The van der Waals surface area contributed by atoms with Crippen molar-refractivity contribution < 1.29 is 14.3 Å². The summed E-state index contributed by atoms with van der Waals surface area (Å²) in [4.78, 5) is 12.1. The molecule has 0 spiro atoms. The molecule has 0 saturated heterocycles. The molecule has 1 unspecified atom stereocenters. The molecule has 0 radical (unpaired) electrons. The van der Waals surface area contributed by atoms with E-state index in [0.717, 1.165) is 0 Å². The van der Waals surface area contributed by atoms with Gasteiger partial charge in [-0.25, -0.2) is 0 Å². The first-order chi connectivity index (χ1) is 8.13. The van der Waals surface area contributed by atoms with E-state index in [1.54, 1.807) is 32.4 Å². The van der Waals surface area contributed by atoms with Gasteiger partial charge in [-0.2, -0.15) is 0 Å². The van der Waals surface area contributed by atoms with Crippen LogP contribution in [-0.4, -0.2) is 26.5 Å². The van der Waals surface area contributed by atoms with E-state index in [0.29, 0.717) is 30.0 Å². The van der Waals surface area contributed by atoms with E-state index >= 15 is 0 Å². The van der Waals surface area contributed by atoms with Crippen LogP contribution in [0.1, 0.15) is 23.7 Å². The Balaban J connectivity index is 3.00. The molecule has 1 aromatic carbocycles. The summed E-state index contributed by atoms with van der Waals surface area (Å²) >= 11 is 0. The fourth-order valence-electron chi connectivity index (χ4n) is 1.65. The highest BCUT2D eigenvalue weighted by Gasteiger charge is 2.18. The van der Waals surface area contributed by atoms with Gasteiger partial charge in [0.05, 0.1) is 19.8 Å². The Bertz CT molecular complexity index is 390. The predicted octanol–water partition coefficient (Wildman–Crippen LogP) is 1.87. The summed E-state index contributed by atoms with van der Waals surface area (Å²) in [5.74, 6) is 1.17. The molecule has 0 aliphatic carbocycles. The fraction of sp³-hybridized carbons (Fsp3) is 0.462. The molecule has 4 heteroatoms. The normalized spacial score (nSPS) is 12.0. The van der Waals surface area contributed by atoms with Gasteiger partial charge in [-0.1, -0.05) is 6.92 Å². The number of carbonyl (C=O) groups excluding carboxylic acids is 1. The standard InChI is InChI=1S/C13H19NO3/c1-9(6-7-14)13(15)11-5-4-10(16-2)8-12(11)17-3/h4-5,8-9H,6-7,14H2,1-3H3. The predicted molar refractivity (Wildman–Crippen MR) is 66.7 cm³/mol. The van der Waals surface area contributed by atoms with Crippen LogP contribution in [0, 0.1) is 5.92 Å². The summed E-state index contributed by atoms with van der Waals surface area (Å²) < 4.78 is 10.3. The Morgan fingerprint density at radius 3 is 2.59 bits per heavy atom. The van der Waals surface area contributed by atoms with E-state index < -0.39 is 0 Å². The lowest BCUT2D eigenvalue weighted by molar-refractivity contribution is 0.0922. The molecular formula is C13H19NO3. The van der Waals surface area contributed by atoms with Crippen molar-refractivity contribution in [1.82, 2.24) is 0 Å². The van der Waals surface area contributed by atoms with Crippen LogP contribution in [0.15, 0.2) is 18.2 Å². The molecule has 0 aliphatic heterocycles. The molecule has 0 aromatic heterocycles. The van der Waals surface area contributed by atoms with Crippen LogP contribution in [0.25, 0.3) is 0 Å². The Kier molecular flexibility index (Phi) is 4.97. The van der Waals surface area contributed by atoms with Gasteiger partial charge in [0.2, 0.25) is 0 Å². The summed E-state index contributed by atoms with van der Waals surface area (Å²) in [6, 6.07) is 5.19. The Morgan fingerprint density at radius 2 is 2.06 bits per heavy atom. The lowest BCUT2D eigenvalue weighted by Crippen LogP contribution is -2.16. The average Bonchev–Trinajstić information content (AvgIpc) is 2.37. The number of hydrogen-bond acceptors (Lipinski definition) is 4. The highest BCUT2D eigenvalue weighted by atomic mass is 16.5. The van der Waals surface area contributed by atoms with Crippen molar-refractivity contribution in [3.63, 3.8) is 0 Å². The molecular weight excluding hydrogens is 218 g/mol. The summed E-state index contributed by atoms with van der Waals surface area (Å²) in [5.41, 5.74) is 6.04. The average molecular weight is 237 g/mol. The maximum absolute atomic E-state index is 12.1. The summed E-state index contributed by atoms with van der Waals surface area (Å²) in [6.07, 6.45) is 0.675. The minimum Gasteiger partial charge on any atom is -0.497 e. The third kappa shape index (κ3) is 3.20. The summed E-state index contributed by atoms with van der Waals surface area (Å²) in [5, 5.41) is 0. The van der Waals surface area contributed by atoms with Crippen molar-refractivity contribution in [2.45, 2.75) is 13.3 Å². The number of benzene rings is 1. The molecule has 94 valence electrons. The number of nitrogens with two attached hydrogens (primary N) is 1. The number of ether oxygens (including phenoxy) is 2. The Hall–Kier alpha value is -1.55. The van der Waals surface area contributed by atoms with Gasteiger partial charge >= 0.3 is 0 Å². The van der Waals surface area contributed by atoms with Crippen LogP contribution in [0.2, 0.25) is 0 Å².